The van der Waals surface area contributed by atoms with Gasteiger partial charge in [-0.25, -0.2) is 14.0 Å². The number of hydrogen-bond donors (Lipinski definition) is 4. The van der Waals surface area contributed by atoms with Crippen molar-refractivity contribution in [2.75, 3.05) is 5.32 Å². The van der Waals surface area contributed by atoms with Gasteiger partial charge in [0.25, 0.3) is 0 Å². The molecule has 5 N–H and O–H groups in total. The SMILES string of the molecule is Cc1cc(F)cc(NC(=O)NC(CC(N)=O)C(=O)O)c1. The van der Waals surface area contributed by atoms with Crippen LogP contribution in [0.1, 0.15) is 12.0 Å². The number of nitrogens with one attached hydrogen (secondary N) is 2. The minimum atomic E-state index is -1.44. The van der Waals surface area contributed by atoms with Gasteiger partial charge < -0.3 is 21.5 Å². The molecule has 20 heavy (non-hydrogen) atoms. The maximum atomic E-state index is 13.1. The van der Waals surface area contributed by atoms with Crippen molar-refractivity contribution < 1.29 is 23.9 Å². The Hall–Kier alpha value is -2.64. The minimum Gasteiger partial charge on any atom is -0.480 e. The molecule has 0 aliphatic heterocycles. The summed E-state index contributed by atoms with van der Waals surface area (Å²) in [5.41, 5.74) is 5.64. The number of carbonyl (C=O) groups is 3. The van der Waals surface area contributed by atoms with Crippen molar-refractivity contribution in [1.82, 2.24) is 5.32 Å². The van der Waals surface area contributed by atoms with Crippen molar-refractivity contribution >= 4 is 23.6 Å². The van der Waals surface area contributed by atoms with Gasteiger partial charge in [0.15, 0.2) is 0 Å². The quantitative estimate of drug-likeness (QED) is 0.631. The van der Waals surface area contributed by atoms with Gasteiger partial charge >= 0.3 is 12.0 Å². The Labute approximate surface area is 114 Å². The highest BCUT2D eigenvalue weighted by atomic mass is 19.1. The molecule has 1 rings (SSSR count). The van der Waals surface area contributed by atoms with Crippen molar-refractivity contribution in [1.29, 1.82) is 0 Å². The zero-order valence-electron chi connectivity index (χ0n) is 10.6. The molecule has 0 saturated carbocycles. The van der Waals surface area contributed by atoms with E-state index in [4.69, 9.17) is 10.8 Å². The van der Waals surface area contributed by atoms with Crippen LogP contribution in [0.25, 0.3) is 0 Å². The highest BCUT2D eigenvalue weighted by Crippen LogP contribution is 2.13. The molecule has 0 heterocycles. The molecule has 8 heteroatoms. The fraction of sp³-hybridized carbons (Fsp3) is 0.250. The molecule has 0 radical (unpaired) electrons. The number of urea groups is 1. The first kappa shape index (κ1) is 15.4. The molecule has 3 amide bonds. The predicted octanol–water partition coefficient (Wildman–Crippen LogP) is 0.584. The molecular formula is C12H14FN3O4. The molecule has 0 saturated heterocycles. The van der Waals surface area contributed by atoms with Crippen molar-refractivity contribution in [3.05, 3.63) is 29.6 Å². The standard InChI is InChI=1S/C12H14FN3O4/c1-6-2-7(13)4-8(3-6)15-12(20)16-9(11(18)19)5-10(14)17/h2-4,9H,5H2,1H3,(H2,14,17)(H,18,19)(H2,15,16,20). The normalized spacial score (nSPS) is 11.5. The van der Waals surface area contributed by atoms with Gasteiger partial charge in [0, 0.05) is 5.69 Å². The lowest BCUT2D eigenvalue weighted by Gasteiger charge is -2.14. The van der Waals surface area contributed by atoms with Crippen LogP contribution in [-0.4, -0.2) is 29.1 Å². The van der Waals surface area contributed by atoms with Gasteiger partial charge in [-0.1, -0.05) is 0 Å². The number of aryl methyl sites for hydroxylation is 1. The smallest absolute Gasteiger partial charge is 0.326 e. The lowest BCUT2D eigenvalue weighted by atomic mass is 10.2. The molecule has 0 aliphatic carbocycles. The van der Waals surface area contributed by atoms with Crippen molar-refractivity contribution in [2.24, 2.45) is 5.73 Å². The summed E-state index contributed by atoms with van der Waals surface area (Å²) in [4.78, 5) is 33.1. The van der Waals surface area contributed by atoms with Crippen LogP contribution in [0.3, 0.4) is 0 Å². The zero-order valence-corrected chi connectivity index (χ0v) is 10.6. The van der Waals surface area contributed by atoms with E-state index < -0.39 is 36.2 Å². The highest BCUT2D eigenvalue weighted by Gasteiger charge is 2.22. The lowest BCUT2D eigenvalue weighted by molar-refractivity contribution is -0.140. The highest BCUT2D eigenvalue weighted by molar-refractivity contribution is 5.93. The molecule has 1 atom stereocenters. The second-order valence-corrected chi connectivity index (χ2v) is 4.18. The molecule has 0 aliphatic rings. The molecule has 0 bridgehead atoms. The number of hydrogen-bond acceptors (Lipinski definition) is 3. The fourth-order valence-electron chi connectivity index (χ4n) is 1.54. The van der Waals surface area contributed by atoms with Gasteiger partial charge in [0.2, 0.25) is 5.91 Å². The Balaban J connectivity index is 2.70. The second kappa shape index (κ2) is 6.50. The third kappa shape index (κ3) is 4.92. The zero-order chi connectivity index (χ0) is 15.3. The Morgan fingerprint density at radius 2 is 2.00 bits per heavy atom. The van der Waals surface area contributed by atoms with Crippen LogP contribution in [0, 0.1) is 12.7 Å². The summed E-state index contributed by atoms with van der Waals surface area (Å²) in [5, 5.41) is 13.2. The van der Waals surface area contributed by atoms with Crippen LogP contribution >= 0.6 is 0 Å². The van der Waals surface area contributed by atoms with Gasteiger partial charge in [0.05, 0.1) is 6.42 Å². The van der Waals surface area contributed by atoms with E-state index in [0.717, 1.165) is 6.07 Å². The molecule has 1 aromatic rings. The van der Waals surface area contributed by atoms with E-state index in [-0.39, 0.29) is 5.69 Å². The van der Waals surface area contributed by atoms with Crippen LogP contribution in [0.15, 0.2) is 18.2 Å². The molecule has 7 nitrogen and oxygen atoms in total. The number of anilines is 1. The summed E-state index contributed by atoms with van der Waals surface area (Å²) >= 11 is 0. The minimum absolute atomic E-state index is 0.170. The van der Waals surface area contributed by atoms with Gasteiger partial charge in [-0.2, -0.15) is 0 Å². The number of carboxylic acid groups (broad SMARTS) is 1. The van der Waals surface area contributed by atoms with Gasteiger partial charge in [-0.15, -0.1) is 0 Å². The van der Waals surface area contributed by atoms with Crippen molar-refractivity contribution in [3.8, 4) is 0 Å². The number of nitrogens with two attached hydrogens (primary N) is 1. The van der Waals surface area contributed by atoms with Crippen LogP contribution in [0.4, 0.5) is 14.9 Å². The van der Waals surface area contributed by atoms with Crippen molar-refractivity contribution in [3.63, 3.8) is 0 Å². The molecule has 0 fully saturated rings. The monoisotopic (exact) mass is 283 g/mol. The van der Waals surface area contributed by atoms with E-state index in [1.807, 2.05) is 0 Å². The maximum Gasteiger partial charge on any atom is 0.326 e. The number of carboxylic acids is 1. The largest absolute Gasteiger partial charge is 0.480 e. The predicted molar refractivity (Wildman–Crippen MR) is 68.5 cm³/mol. The van der Waals surface area contributed by atoms with Crippen LogP contribution in [0.2, 0.25) is 0 Å². The summed E-state index contributed by atoms with van der Waals surface area (Å²) in [6.45, 7) is 1.64. The number of halogens is 1. The average molecular weight is 283 g/mol. The summed E-state index contributed by atoms with van der Waals surface area (Å²) in [5.74, 6) is -2.79. The molecule has 1 aromatic carbocycles. The number of carbonyl (C=O) groups excluding carboxylic acids is 2. The second-order valence-electron chi connectivity index (χ2n) is 4.18. The number of aliphatic carboxylic acids is 1. The number of amides is 3. The summed E-state index contributed by atoms with van der Waals surface area (Å²) in [6, 6.07) is 1.55. The van der Waals surface area contributed by atoms with Gasteiger partial charge in [0.1, 0.15) is 11.9 Å². The van der Waals surface area contributed by atoms with E-state index in [1.165, 1.54) is 12.1 Å². The number of benzene rings is 1. The lowest BCUT2D eigenvalue weighted by Crippen LogP contribution is -2.45. The van der Waals surface area contributed by atoms with E-state index in [2.05, 4.69) is 10.6 Å². The molecule has 0 aromatic heterocycles. The van der Waals surface area contributed by atoms with Crippen LogP contribution in [0.5, 0.6) is 0 Å². The number of rotatable bonds is 5. The summed E-state index contributed by atoms with van der Waals surface area (Å²) in [7, 11) is 0. The third-order valence-electron chi connectivity index (χ3n) is 2.31. The molecule has 108 valence electrons. The Morgan fingerprint density at radius 1 is 1.35 bits per heavy atom. The van der Waals surface area contributed by atoms with Crippen LogP contribution in [-0.2, 0) is 9.59 Å². The topological polar surface area (TPSA) is 122 Å². The van der Waals surface area contributed by atoms with Crippen molar-refractivity contribution in [2.45, 2.75) is 19.4 Å². The van der Waals surface area contributed by atoms with E-state index in [1.54, 1.807) is 6.92 Å². The third-order valence-corrected chi connectivity index (χ3v) is 2.31. The van der Waals surface area contributed by atoms with Gasteiger partial charge in [-0.05, 0) is 30.7 Å². The molecule has 0 spiro atoms. The average Bonchev–Trinajstić information content (AvgIpc) is 2.25. The first-order chi connectivity index (χ1) is 9.27. The van der Waals surface area contributed by atoms with Gasteiger partial charge in [-0.3, -0.25) is 4.79 Å². The fourth-order valence-corrected chi connectivity index (χ4v) is 1.54. The molecule has 1 unspecified atom stereocenters. The van der Waals surface area contributed by atoms with E-state index in [9.17, 15) is 18.8 Å². The number of primary amides is 1. The first-order valence-electron chi connectivity index (χ1n) is 5.63. The van der Waals surface area contributed by atoms with E-state index >= 15 is 0 Å². The Morgan fingerprint density at radius 3 is 2.50 bits per heavy atom. The first-order valence-corrected chi connectivity index (χ1v) is 5.63. The summed E-state index contributed by atoms with van der Waals surface area (Å²) in [6.07, 6.45) is -0.537. The van der Waals surface area contributed by atoms with Crippen LogP contribution < -0.4 is 16.4 Å². The van der Waals surface area contributed by atoms with E-state index in [0.29, 0.717) is 5.56 Å². The summed E-state index contributed by atoms with van der Waals surface area (Å²) < 4.78 is 13.1. The maximum absolute atomic E-state index is 13.1. The Kier molecular flexibility index (Phi) is 5.01. The molecular weight excluding hydrogens is 269 g/mol. The Bertz CT molecular complexity index is 527.